The summed E-state index contributed by atoms with van der Waals surface area (Å²) in [7, 11) is 0. The van der Waals surface area contributed by atoms with Gasteiger partial charge in [-0.3, -0.25) is 0 Å². The number of carboxylic acid groups (broad SMARTS) is 1. The molecule has 4 saturated carbocycles. The Balaban J connectivity index is 1.15. The lowest BCUT2D eigenvalue weighted by Gasteiger charge is -2.72. The van der Waals surface area contributed by atoms with E-state index in [4.69, 9.17) is 0 Å². The molecule has 0 bridgehead atoms. The molecule has 6 heteroatoms. The lowest BCUT2D eigenvalue weighted by molar-refractivity contribution is -0.216. The van der Waals surface area contributed by atoms with Gasteiger partial charge in [-0.1, -0.05) is 59.2 Å². The number of hydrogen-bond acceptors (Lipinski definition) is 3. The molecule has 5 fully saturated rings. The smallest absolute Gasteiger partial charge is 0.335 e. The first kappa shape index (κ1) is 31.3. The highest BCUT2D eigenvalue weighted by molar-refractivity contribution is 5.88. The summed E-state index contributed by atoms with van der Waals surface area (Å²) < 4.78 is 0. The molecule has 1 heterocycles. The summed E-state index contributed by atoms with van der Waals surface area (Å²) >= 11 is 0. The van der Waals surface area contributed by atoms with E-state index >= 15 is 0 Å². The fourth-order valence-corrected chi connectivity index (χ4v) is 13.0. The summed E-state index contributed by atoms with van der Waals surface area (Å²) in [5.41, 5.74) is 3.77. The Morgan fingerprint density at radius 1 is 0.822 bits per heavy atom. The van der Waals surface area contributed by atoms with E-state index in [-0.39, 0.29) is 22.4 Å². The third kappa shape index (κ3) is 4.58. The van der Waals surface area contributed by atoms with Crippen LogP contribution in [0.5, 0.6) is 0 Å². The molecular formula is C39H57N3O3. The van der Waals surface area contributed by atoms with Crippen molar-refractivity contribution in [2.24, 2.45) is 45.3 Å². The number of carbonyl (C=O) groups excluding carboxylic acids is 1. The second-order valence-electron chi connectivity index (χ2n) is 17.3. The van der Waals surface area contributed by atoms with Crippen LogP contribution in [0.25, 0.3) is 5.57 Å². The van der Waals surface area contributed by atoms with E-state index in [2.05, 4.69) is 56.2 Å². The quantitative estimate of drug-likeness (QED) is 0.322. The molecule has 6 nitrogen and oxygen atoms in total. The average molecular weight is 616 g/mol. The van der Waals surface area contributed by atoms with Gasteiger partial charge in [0.25, 0.3) is 0 Å². The van der Waals surface area contributed by atoms with Gasteiger partial charge in [0, 0.05) is 25.2 Å². The molecule has 1 saturated heterocycles. The van der Waals surface area contributed by atoms with Crippen molar-refractivity contribution in [3.05, 3.63) is 41.5 Å². The molecule has 7 unspecified atom stereocenters. The Hall–Kier alpha value is -2.34. The molecular weight excluding hydrogens is 558 g/mol. The molecule has 0 aromatic heterocycles. The van der Waals surface area contributed by atoms with Crippen LogP contribution in [0.15, 0.2) is 30.3 Å². The number of rotatable bonds is 3. The molecule has 7 rings (SSSR count). The summed E-state index contributed by atoms with van der Waals surface area (Å²) in [6.07, 6.45) is 15.8. The Morgan fingerprint density at radius 3 is 2.36 bits per heavy atom. The van der Waals surface area contributed by atoms with Gasteiger partial charge in [-0.25, -0.2) is 9.59 Å². The third-order valence-corrected chi connectivity index (χ3v) is 15.4. The molecule has 1 aliphatic heterocycles. The number of urea groups is 1. The highest BCUT2D eigenvalue weighted by atomic mass is 16.4. The van der Waals surface area contributed by atoms with E-state index in [1.54, 1.807) is 12.1 Å². The number of nitrogens with zero attached hydrogens (tertiary/aromatic N) is 1. The first-order valence-electron chi connectivity index (χ1n) is 18.2. The van der Waals surface area contributed by atoms with Gasteiger partial charge in [0.2, 0.25) is 0 Å². The van der Waals surface area contributed by atoms with Crippen LogP contribution in [0.2, 0.25) is 0 Å². The van der Waals surface area contributed by atoms with Crippen molar-refractivity contribution in [2.45, 2.75) is 111 Å². The number of carbonyl (C=O) groups is 2. The maximum atomic E-state index is 13.7. The summed E-state index contributed by atoms with van der Waals surface area (Å²) in [5, 5.41) is 16.6. The third-order valence-electron chi connectivity index (χ3n) is 15.4. The second-order valence-corrected chi connectivity index (χ2v) is 17.3. The number of allylic oxidation sites excluding steroid dienone is 2. The number of benzene rings is 1. The van der Waals surface area contributed by atoms with Crippen molar-refractivity contribution >= 4 is 17.6 Å². The molecule has 5 aliphatic carbocycles. The van der Waals surface area contributed by atoms with Gasteiger partial charge in [-0.2, -0.15) is 0 Å². The number of carboxylic acids is 1. The fraction of sp³-hybridized carbons (Fsp3) is 0.744. The Labute approximate surface area is 271 Å². The Morgan fingerprint density at radius 2 is 1.60 bits per heavy atom. The molecule has 0 spiro atoms. The lowest BCUT2D eigenvalue weighted by atomic mass is 9.33. The van der Waals surface area contributed by atoms with Crippen molar-refractivity contribution in [1.82, 2.24) is 15.5 Å². The van der Waals surface area contributed by atoms with Crippen molar-refractivity contribution in [1.29, 1.82) is 0 Å². The Kier molecular flexibility index (Phi) is 7.54. The van der Waals surface area contributed by atoms with Gasteiger partial charge in [0.15, 0.2) is 0 Å². The van der Waals surface area contributed by atoms with E-state index in [1.165, 1.54) is 56.1 Å². The van der Waals surface area contributed by atoms with Gasteiger partial charge < -0.3 is 20.6 Å². The van der Waals surface area contributed by atoms with Crippen LogP contribution in [0.4, 0.5) is 4.79 Å². The minimum Gasteiger partial charge on any atom is -0.478 e. The Bertz CT molecular complexity index is 1360. The lowest BCUT2D eigenvalue weighted by Crippen LogP contribution is -2.68. The first-order chi connectivity index (χ1) is 21.4. The summed E-state index contributed by atoms with van der Waals surface area (Å²) in [4.78, 5) is 27.3. The van der Waals surface area contributed by atoms with Crippen molar-refractivity contribution in [3.63, 3.8) is 0 Å². The summed E-state index contributed by atoms with van der Waals surface area (Å²) in [6, 6.07) is 7.77. The zero-order valence-electron chi connectivity index (χ0n) is 28.5. The fourth-order valence-electron chi connectivity index (χ4n) is 13.0. The van der Waals surface area contributed by atoms with Crippen LogP contribution in [0, 0.1) is 45.3 Å². The topological polar surface area (TPSA) is 81.7 Å². The summed E-state index contributed by atoms with van der Waals surface area (Å²) in [6.45, 7) is 16.5. The van der Waals surface area contributed by atoms with E-state index in [9.17, 15) is 14.7 Å². The van der Waals surface area contributed by atoms with Crippen LogP contribution in [0.1, 0.15) is 121 Å². The van der Waals surface area contributed by atoms with E-state index in [0.29, 0.717) is 40.1 Å². The van der Waals surface area contributed by atoms with E-state index in [1.807, 2.05) is 12.1 Å². The minimum absolute atomic E-state index is 0.0219. The maximum Gasteiger partial charge on any atom is 0.335 e. The van der Waals surface area contributed by atoms with Crippen molar-refractivity contribution < 1.29 is 14.7 Å². The standard InChI is InChI=1S/C39H57N3O3/c1-35(2)28(26-9-11-27(12-10-26)33(43)44)15-18-36(3)31(35)16-19-38(5)32(36)14-13-29-30-8-6-17-39(30,21-20-37(29,38)4)41-34(45)42-24-7-22-40-23-25-42/h9-12,15,29-32,40H,6-8,13-14,16-25H2,1-5H3,(H,41,45)(H,43,44)/t29?,30?,31?,32?,36?,37-,38?,39?/m1/s1. The number of amides is 2. The first-order valence-corrected chi connectivity index (χ1v) is 18.2. The number of nitrogens with one attached hydrogen (secondary N) is 2. The molecule has 2 amide bonds. The monoisotopic (exact) mass is 615 g/mol. The van der Waals surface area contributed by atoms with Crippen LogP contribution in [0.3, 0.4) is 0 Å². The zero-order chi connectivity index (χ0) is 31.8. The number of aromatic carboxylic acids is 1. The highest BCUT2D eigenvalue weighted by Gasteiger charge is 2.69. The van der Waals surface area contributed by atoms with Crippen molar-refractivity contribution in [2.75, 3.05) is 26.2 Å². The largest absolute Gasteiger partial charge is 0.478 e. The molecule has 1 aromatic rings. The van der Waals surface area contributed by atoms with Crippen LogP contribution >= 0.6 is 0 Å². The van der Waals surface area contributed by atoms with Crippen LogP contribution in [-0.2, 0) is 0 Å². The van der Waals surface area contributed by atoms with Gasteiger partial charge in [0.05, 0.1) is 5.56 Å². The molecule has 0 radical (unpaired) electrons. The molecule has 45 heavy (non-hydrogen) atoms. The zero-order valence-corrected chi connectivity index (χ0v) is 28.5. The molecule has 8 atom stereocenters. The number of fused-ring (bicyclic) bond motifs is 7. The molecule has 246 valence electrons. The maximum absolute atomic E-state index is 13.7. The molecule has 3 N–H and O–H groups in total. The summed E-state index contributed by atoms with van der Waals surface area (Å²) in [5.74, 6) is 1.69. The van der Waals surface area contributed by atoms with Gasteiger partial charge in [-0.05, 0) is 139 Å². The minimum atomic E-state index is -0.864. The van der Waals surface area contributed by atoms with Gasteiger partial charge in [0.1, 0.15) is 0 Å². The van der Waals surface area contributed by atoms with Crippen molar-refractivity contribution in [3.8, 4) is 0 Å². The van der Waals surface area contributed by atoms with Gasteiger partial charge >= 0.3 is 12.0 Å². The normalized spacial score (nSPS) is 42.2. The molecule has 6 aliphatic rings. The van der Waals surface area contributed by atoms with E-state index < -0.39 is 5.97 Å². The van der Waals surface area contributed by atoms with Gasteiger partial charge in [-0.15, -0.1) is 0 Å². The second kappa shape index (κ2) is 10.9. The molecule has 1 aromatic carbocycles. The average Bonchev–Trinajstić information content (AvgIpc) is 3.21. The predicted molar refractivity (Wildman–Crippen MR) is 180 cm³/mol. The predicted octanol–water partition coefficient (Wildman–Crippen LogP) is 7.99. The highest BCUT2D eigenvalue weighted by Crippen LogP contribution is 2.76. The van der Waals surface area contributed by atoms with Crippen LogP contribution in [-0.4, -0.2) is 53.7 Å². The number of hydrogen-bond donors (Lipinski definition) is 3. The SMILES string of the molecule is CC1(C)C(c2ccc(C(=O)O)cc2)=CCC2(C)C1CCC1(C)C2CCC2C3CCCC3(NC(=O)N3CCCNCC3)CC[C@]21C. The van der Waals surface area contributed by atoms with Crippen LogP contribution < -0.4 is 10.6 Å². The van der Waals surface area contributed by atoms with E-state index in [0.717, 1.165) is 51.9 Å².